The monoisotopic (exact) mass is 334 g/mol. The molecule has 1 aromatic heterocycles. The minimum atomic E-state index is -0.296. The van der Waals surface area contributed by atoms with Gasteiger partial charge in [0.15, 0.2) is 5.82 Å². The Hall–Kier alpha value is -2.09. The molecule has 0 saturated carbocycles. The molecule has 2 aliphatic rings. The lowest BCUT2D eigenvalue weighted by Crippen LogP contribution is -2.52. The van der Waals surface area contributed by atoms with Crippen molar-refractivity contribution in [3.63, 3.8) is 0 Å². The molecule has 3 N–H and O–H groups in total. The number of carbonyl (C=O) groups is 2. The SMILES string of the molecule is Cc1cc(N2CCN(CC(=O)N3CCCC(C(N)=O)C3)CC2)n[nH]1. The number of hydrogen-bond acceptors (Lipinski definition) is 5. The molecular formula is C16H26N6O2. The number of primary amides is 1. The van der Waals surface area contributed by atoms with Crippen molar-refractivity contribution in [2.75, 3.05) is 50.7 Å². The molecule has 1 unspecified atom stereocenters. The van der Waals surface area contributed by atoms with Crippen LogP contribution in [-0.2, 0) is 9.59 Å². The van der Waals surface area contributed by atoms with Crippen molar-refractivity contribution in [3.8, 4) is 0 Å². The highest BCUT2D eigenvalue weighted by molar-refractivity contribution is 5.81. The average molecular weight is 334 g/mol. The normalized spacial score (nSPS) is 22.6. The van der Waals surface area contributed by atoms with E-state index in [0.29, 0.717) is 13.1 Å². The topological polar surface area (TPSA) is 98.6 Å². The summed E-state index contributed by atoms with van der Waals surface area (Å²) in [6.45, 7) is 7.01. The Bertz CT molecular complexity index is 593. The maximum absolute atomic E-state index is 12.5. The molecule has 1 aromatic rings. The molecule has 0 spiro atoms. The number of carbonyl (C=O) groups excluding carboxylic acids is 2. The van der Waals surface area contributed by atoms with Crippen LogP contribution in [0, 0.1) is 12.8 Å². The Morgan fingerprint density at radius 2 is 2.04 bits per heavy atom. The molecule has 3 heterocycles. The van der Waals surface area contributed by atoms with Crippen LogP contribution in [0.5, 0.6) is 0 Å². The van der Waals surface area contributed by atoms with Gasteiger partial charge in [-0.05, 0) is 19.8 Å². The van der Waals surface area contributed by atoms with E-state index < -0.39 is 0 Å². The molecule has 3 rings (SSSR count). The lowest BCUT2D eigenvalue weighted by molar-refractivity contribution is -0.136. The zero-order valence-corrected chi connectivity index (χ0v) is 14.2. The first-order valence-corrected chi connectivity index (χ1v) is 8.59. The number of hydrogen-bond donors (Lipinski definition) is 2. The predicted molar refractivity (Wildman–Crippen MR) is 90.5 cm³/mol. The lowest BCUT2D eigenvalue weighted by Gasteiger charge is -2.37. The molecule has 8 nitrogen and oxygen atoms in total. The van der Waals surface area contributed by atoms with Gasteiger partial charge in [-0.25, -0.2) is 0 Å². The third kappa shape index (κ3) is 3.87. The van der Waals surface area contributed by atoms with Crippen LogP contribution in [0.2, 0.25) is 0 Å². The third-order valence-corrected chi connectivity index (χ3v) is 4.92. The van der Waals surface area contributed by atoms with Gasteiger partial charge in [-0.2, -0.15) is 5.10 Å². The Balaban J connectivity index is 1.47. The van der Waals surface area contributed by atoms with E-state index in [2.05, 4.69) is 20.0 Å². The fraction of sp³-hybridized carbons (Fsp3) is 0.688. The highest BCUT2D eigenvalue weighted by Gasteiger charge is 2.28. The molecule has 0 bridgehead atoms. The Morgan fingerprint density at radius 3 is 2.67 bits per heavy atom. The number of nitrogens with two attached hydrogens (primary N) is 1. The quantitative estimate of drug-likeness (QED) is 0.778. The van der Waals surface area contributed by atoms with Gasteiger partial charge >= 0.3 is 0 Å². The van der Waals surface area contributed by atoms with Crippen molar-refractivity contribution >= 4 is 17.6 Å². The number of aromatic nitrogens is 2. The van der Waals surface area contributed by atoms with Crippen molar-refractivity contribution in [1.82, 2.24) is 20.0 Å². The average Bonchev–Trinajstić information content (AvgIpc) is 3.02. The fourth-order valence-electron chi connectivity index (χ4n) is 3.43. The van der Waals surface area contributed by atoms with Crippen molar-refractivity contribution in [3.05, 3.63) is 11.8 Å². The number of aromatic amines is 1. The van der Waals surface area contributed by atoms with Crippen molar-refractivity contribution in [1.29, 1.82) is 0 Å². The largest absolute Gasteiger partial charge is 0.369 e. The number of H-pyrrole nitrogens is 1. The zero-order valence-electron chi connectivity index (χ0n) is 14.2. The third-order valence-electron chi connectivity index (χ3n) is 4.92. The van der Waals surface area contributed by atoms with Crippen molar-refractivity contribution in [2.45, 2.75) is 19.8 Å². The highest BCUT2D eigenvalue weighted by atomic mass is 16.2. The number of piperazine rings is 1. The molecule has 2 amide bonds. The summed E-state index contributed by atoms with van der Waals surface area (Å²) in [5, 5.41) is 7.25. The number of piperidine rings is 1. The van der Waals surface area contributed by atoms with Gasteiger partial charge in [-0.3, -0.25) is 19.6 Å². The standard InChI is InChI=1S/C16H26N6O2/c1-12-9-14(19-18-12)21-7-5-20(6-8-21)11-15(23)22-4-2-3-13(10-22)16(17)24/h9,13H,2-8,10-11H2,1H3,(H2,17,24)(H,18,19). The summed E-state index contributed by atoms with van der Waals surface area (Å²) in [6, 6.07) is 2.04. The van der Waals surface area contributed by atoms with Gasteiger partial charge in [0.1, 0.15) is 0 Å². The van der Waals surface area contributed by atoms with E-state index in [-0.39, 0.29) is 17.7 Å². The lowest BCUT2D eigenvalue weighted by atomic mass is 9.97. The summed E-state index contributed by atoms with van der Waals surface area (Å²) in [5.74, 6) is 0.585. The van der Waals surface area contributed by atoms with Crippen LogP contribution in [0.15, 0.2) is 6.07 Å². The second-order valence-electron chi connectivity index (χ2n) is 6.75. The number of amides is 2. The highest BCUT2D eigenvalue weighted by Crippen LogP contribution is 2.17. The zero-order chi connectivity index (χ0) is 17.1. The van der Waals surface area contributed by atoms with E-state index in [0.717, 1.165) is 57.1 Å². The van der Waals surface area contributed by atoms with Gasteiger partial charge in [0, 0.05) is 51.0 Å². The fourth-order valence-corrected chi connectivity index (χ4v) is 3.43. The maximum Gasteiger partial charge on any atom is 0.236 e. The van der Waals surface area contributed by atoms with Gasteiger partial charge in [-0.15, -0.1) is 0 Å². The smallest absolute Gasteiger partial charge is 0.236 e. The first-order valence-electron chi connectivity index (χ1n) is 8.59. The predicted octanol–water partition coefficient (Wildman–Crippen LogP) is -0.436. The van der Waals surface area contributed by atoms with Crippen LogP contribution in [-0.4, -0.2) is 77.6 Å². The molecule has 24 heavy (non-hydrogen) atoms. The molecule has 2 fully saturated rings. The number of rotatable bonds is 4. The second-order valence-corrected chi connectivity index (χ2v) is 6.75. The number of aryl methyl sites for hydroxylation is 1. The summed E-state index contributed by atoms with van der Waals surface area (Å²) in [7, 11) is 0. The first kappa shape index (κ1) is 16.8. The summed E-state index contributed by atoms with van der Waals surface area (Å²) >= 11 is 0. The van der Waals surface area contributed by atoms with Crippen LogP contribution < -0.4 is 10.6 Å². The molecular weight excluding hydrogens is 308 g/mol. The minimum absolute atomic E-state index is 0.102. The number of nitrogens with one attached hydrogen (secondary N) is 1. The summed E-state index contributed by atoms with van der Waals surface area (Å²) < 4.78 is 0. The van der Waals surface area contributed by atoms with Crippen molar-refractivity contribution < 1.29 is 9.59 Å². The Kier molecular flexibility index (Phi) is 5.03. The molecule has 0 radical (unpaired) electrons. The van der Waals surface area contributed by atoms with E-state index in [1.165, 1.54) is 0 Å². The van der Waals surface area contributed by atoms with Crippen LogP contribution in [0.4, 0.5) is 5.82 Å². The van der Waals surface area contributed by atoms with Crippen molar-refractivity contribution in [2.24, 2.45) is 11.7 Å². The van der Waals surface area contributed by atoms with Gasteiger partial charge in [0.2, 0.25) is 11.8 Å². The van der Waals surface area contributed by atoms with Gasteiger partial charge < -0.3 is 15.5 Å². The second kappa shape index (κ2) is 7.21. The number of likely N-dealkylation sites (tertiary alicyclic amines) is 1. The summed E-state index contributed by atoms with van der Waals surface area (Å²) in [4.78, 5) is 30.0. The van der Waals surface area contributed by atoms with Gasteiger partial charge in [-0.1, -0.05) is 0 Å². The first-order chi connectivity index (χ1) is 11.5. The Labute approximate surface area is 142 Å². The minimum Gasteiger partial charge on any atom is -0.369 e. The molecule has 0 aliphatic carbocycles. The molecule has 0 aromatic carbocycles. The van der Waals surface area contributed by atoms with E-state index in [9.17, 15) is 9.59 Å². The molecule has 132 valence electrons. The molecule has 8 heteroatoms. The van der Waals surface area contributed by atoms with Crippen LogP contribution in [0.1, 0.15) is 18.5 Å². The number of anilines is 1. The molecule has 1 atom stereocenters. The summed E-state index contributed by atoms with van der Waals surface area (Å²) in [5.41, 5.74) is 6.44. The van der Waals surface area contributed by atoms with Gasteiger partial charge in [0.25, 0.3) is 0 Å². The van der Waals surface area contributed by atoms with E-state index in [1.807, 2.05) is 13.0 Å². The van der Waals surface area contributed by atoms with E-state index >= 15 is 0 Å². The van der Waals surface area contributed by atoms with Crippen LogP contribution in [0.25, 0.3) is 0 Å². The Morgan fingerprint density at radius 1 is 1.29 bits per heavy atom. The molecule has 2 saturated heterocycles. The number of nitrogens with zero attached hydrogens (tertiary/aromatic N) is 4. The maximum atomic E-state index is 12.5. The summed E-state index contributed by atoms with van der Waals surface area (Å²) in [6.07, 6.45) is 1.65. The van der Waals surface area contributed by atoms with Crippen LogP contribution >= 0.6 is 0 Å². The van der Waals surface area contributed by atoms with Crippen LogP contribution in [0.3, 0.4) is 0 Å². The van der Waals surface area contributed by atoms with E-state index in [1.54, 1.807) is 4.90 Å². The van der Waals surface area contributed by atoms with E-state index in [4.69, 9.17) is 5.73 Å². The molecule has 2 aliphatic heterocycles. The van der Waals surface area contributed by atoms with Gasteiger partial charge in [0.05, 0.1) is 12.5 Å².